The minimum absolute atomic E-state index is 0.0253. The number of benzene rings is 2. The van der Waals surface area contributed by atoms with E-state index in [9.17, 15) is 9.18 Å². The number of carboxylic acid groups (broad SMARTS) is 1. The molecule has 0 saturated heterocycles. The van der Waals surface area contributed by atoms with Gasteiger partial charge in [0, 0.05) is 19.0 Å². The fourth-order valence-corrected chi connectivity index (χ4v) is 2.59. The molecule has 122 valence electrons. The zero-order valence-corrected chi connectivity index (χ0v) is 13.4. The molecule has 2 aromatic rings. The molecule has 0 fully saturated rings. The minimum Gasteiger partial charge on any atom is -0.481 e. The molecule has 0 radical (unpaired) electrons. The van der Waals surface area contributed by atoms with Gasteiger partial charge in [-0.1, -0.05) is 48.0 Å². The van der Waals surface area contributed by atoms with Crippen molar-refractivity contribution >= 4 is 17.6 Å². The molecule has 0 heterocycles. The maximum atomic E-state index is 13.2. The van der Waals surface area contributed by atoms with Crippen LogP contribution in [0.4, 0.5) is 4.39 Å². The first-order valence-corrected chi connectivity index (χ1v) is 7.85. The lowest BCUT2D eigenvalue weighted by molar-refractivity contribution is -0.137. The van der Waals surface area contributed by atoms with Gasteiger partial charge in [0.2, 0.25) is 0 Å². The molecule has 0 aliphatic heterocycles. The van der Waals surface area contributed by atoms with Gasteiger partial charge in [-0.2, -0.15) is 0 Å². The number of hydrogen-bond donors (Lipinski definition) is 2. The van der Waals surface area contributed by atoms with Crippen LogP contribution in [-0.2, 0) is 17.8 Å². The standard InChI is InChI=1S/C18H19ClFNO2/c19-16-11-14(6-8-17(16)20)12-21-15(7-9-18(22)23)10-13-4-2-1-3-5-13/h1-6,8,11,15,21H,7,9-10,12H2,(H,22,23). The summed E-state index contributed by atoms with van der Waals surface area (Å²) in [6, 6.07) is 14.5. The Hall–Kier alpha value is -1.91. The number of halogens is 2. The summed E-state index contributed by atoms with van der Waals surface area (Å²) < 4.78 is 13.2. The maximum absolute atomic E-state index is 13.2. The Bertz CT molecular complexity index is 649. The van der Waals surface area contributed by atoms with Crippen LogP contribution in [0.15, 0.2) is 48.5 Å². The average Bonchev–Trinajstić information content (AvgIpc) is 2.54. The number of carboxylic acids is 1. The zero-order valence-electron chi connectivity index (χ0n) is 12.6. The Morgan fingerprint density at radius 2 is 1.91 bits per heavy atom. The third kappa shape index (κ3) is 6.00. The Morgan fingerprint density at radius 1 is 1.17 bits per heavy atom. The van der Waals surface area contributed by atoms with Gasteiger partial charge in [-0.15, -0.1) is 0 Å². The molecular formula is C18H19ClFNO2. The lowest BCUT2D eigenvalue weighted by Gasteiger charge is -2.18. The largest absolute Gasteiger partial charge is 0.481 e. The fourth-order valence-electron chi connectivity index (χ4n) is 2.38. The van der Waals surface area contributed by atoms with E-state index in [-0.39, 0.29) is 17.5 Å². The number of nitrogens with one attached hydrogen (secondary N) is 1. The van der Waals surface area contributed by atoms with Crippen molar-refractivity contribution < 1.29 is 14.3 Å². The third-order valence-corrected chi connectivity index (χ3v) is 3.90. The van der Waals surface area contributed by atoms with Gasteiger partial charge in [0.1, 0.15) is 5.82 Å². The van der Waals surface area contributed by atoms with Gasteiger partial charge in [-0.25, -0.2) is 4.39 Å². The van der Waals surface area contributed by atoms with Crippen molar-refractivity contribution in [3.05, 3.63) is 70.5 Å². The van der Waals surface area contributed by atoms with Crippen molar-refractivity contribution in [3.8, 4) is 0 Å². The molecule has 0 saturated carbocycles. The number of rotatable bonds is 8. The molecule has 0 amide bonds. The zero-order chi connectivity index (χ0) is 16.7. The summed E-state index contributed by atoms with van der Waals surface area (Å²) in [7, 11) is 0. The predicted octanol–water partition coefficient (Wildman–Crippen LogP) is 4.04. The first-order chi connectivity index (χ1) is 11.0. The summed E-state index contributed by atoms with van der Waals surface area (Å²) in [6.45, 7) is 0.511. The van der Waals surface area contributed by atoms with E-state index < -0.39 is 11.8 Å². The number of hydrogen-bond acceptors (Lipinski definition) is 2. The van der Waals surface area contributed by atoms with Crippen LogP contribution < -0.4 is 5.32 Å². The summed E-state index contributed by atoms with van der Waals surface area (Å²) >= 11 is 5.78. The molecule has 2 N–H and O–H groups in total. The highest BCUT2D eigenvalue weighted by Gasteiger charge is 2.12. The quantitative estimate of drug-likeness (QED) is 0.765. The molecule has 1 unspecified atom stereocenters. The molecule has 1 atom stereocenters. The van der Waals surface area contributed by atoms with Gasteiger partial charge in [0.15, 0.2) is 0 Å². The smallest absolute Gasteiger partial charge is 0.303 e. The second-order valence-corrected chi connectivity index (χ2v) is 5.86. The van der Waals surface area contributed by atoms with E-state index in [1.807, 2.05) is 30.3 Å². The second kappa shape index (κ2) is 8.65. The Labute approximate surface area is 140 Å². The van der Waals surface area contributed by atoms with Gasteiger partial charge in [0.05, 0.1) is 5.02 Å². The SMILES string of the molecule is O=C(O)CCC(Cc1ccccc1)NCc1ccc(F)c(Cl)c1. The molecule has 3 nitrogen and oxygen atoms in total. The fraction of sp³-hybridized carbons (Fsp3) is 0.278. The Morgan fingerprint density at radius 3 is 2.57 bits per heavy atom. The van der Waals surface area contributed by atoms with Crippen LogP contribution in [0.5, 0.6) is 0 Å². The summed E-state index contributed by atoms with van der Waals surface area (Å²) in [6.07, 6.45) is 1.37. The summed E-state index contributed by atoms with van der Waals surface area (Å²) in [5.41, 5.74) is 2.01. The van der Waals surface area contributed by atoms with Crippen LogP contribution in [0, 0.1) is 5.82 Å². The highest BCUT2D eigenvalue weighted by molar-refractivity contribution is 6.30. The number of aliphatic carboxylic acids is 1. The lowest BCUT2D eigenvalue weighted by atomic mass is 10.0. The van der Waals surface area contributed by atoms with E-state index in [4.69, 9.17) is 16.7 Å². The third-order valence-electron chi connectivity index (χ3n) is 3.61. The molecular weight excluding hydrogens is 317 g/mol. The molecule has 2 aromatic carbocycles. The first kappa shape index (κ1) is 17.4. The van der Waals surface area contributed by atoms with Gasteiger partial charge in [0.25, 0.3) is 0 Å². The minimum atomic E-state index is -0.810. The maximum Gasteiger partial charge on any atom is 0.303 e. The van der Waals surface area contributed by atoms with E-state index >= 15 is 0 Å². The van der Waals surface area contributed by atoms with Crippen molar-refractivity contribution in [1.82, 2.24) is 5.32 Å². The molecule has 23 heavy (non-hydrogen) atoms. The Kier molecular flexibility index (Phi) is 6.56. The predicted molar refractivity (Wildman–Crippen MR) is 89.1 cm³/mol. The van der Waals surface area contributed by atoms with Crippen molar-refractivity contribution in [3.63, 3.8) is 0 Å². The first-order valence-electron chi connectivity index (χ1n) is 7.47. The molecule has 2 rings (SSSR count). The molecule has 0 aromatic heterocycles. The molecule has 5 heteroatoms. The van der Waals surface area contributed by atoms with E-state index in [1.54, 1.807) is 12.1 Å². The van der Waals surface area contributed by atoms with Crippen LogP contribution in [0.1, 0.15) is 24.0 Å². The van der Waals surface area contributed by atoms with Gasteiger partial charge in [-0.3, -0.25) is 4.79 Å². The van der Waals surface area contributed by atoms with Crippen LogP contribution in [0.25, 0.3) is 0 Å². The highest BCUT2D eigenvalue weighted by atomic mass is 35.5. The van der Waals surface area contributed by atoms with Crippen LogP contribution >= 0.6 is 11.6 Å². The number of carbonyl (C=O) groups is 1. The van der Waals surface area contributed by atoms with Crippen molar-refractivity contribution in [2.45, 2.75) is 31.8 Å². The highest BCUT2D eigenvalue weighted by Crippen LogP contribution is 2.16. The van der Waals surface area contributed by atoms with Gasteiger partial charge < -0.3 is 10.4 Å². The summed E-state index contributed by atoms with van der Waals surface area (Å²) in [4.78, 5) is 10.8. The Balaban J connectivity index is 1.98. The van der Waals surface area contributed by atoms with E-state index in [0.717, 1.165) is 17.5 Å². The van der Waals surface area contributed by atoms with Gasteiger partial charge in [-0.05, 0) is 36.1 Å². The molecule has 0 aliphatic carbocycles. The lowest BCUT2D eigenvalue weighted by Crippen LogP contribution is -2.31. The van der Waals surface area contributed by atoms with Crippen LogP contribution in [0.3, 0.4) is 0 Å². The topological polar surface area (TPSA) is 49.3 Å². The second-order valence-electron chi connectivity index (χ2n) is 5.45. The molecule has 0 aliphatic rings. The van der Waals surface area contributed by atoms with E-state index in [2.05, 4.69) is 5.32 Å². The average molecular weight is 336 g/mol. The van der Waals surface area contributed by atoms with Crippen LogP contribution in [0.2, 0.25) is 5.02 Å². The molecule has 0 spiro atoms. The molecule has 0 bridgehead atoms. The van der Waals surface area contributed by atoms with E-state index in [1.165, 1.54) is 6.07 Å². The van der Waals surface area contributed by atoms with E-state index in [0.29, 0.717) is 13.0 Å². The summed E-state index contributed by atoms with van der Waals surface area (Å²) in [5, 5.41) is 12.3. The van der Waals surface area contributed by atoms with Crippen molar-refractivity contribution in [2.24, 2.45) is 0 Å². The monoisotopic (exact) mass is 335 g/mol. The normalized spacial score (nSPS) is 12.1. The summed E-state index contributed by atoms with van der Waals surface area (Å²) in [5.74, 6) is -1.25. The van der Waals surface area contributed by atoms with Crippen molar-refractivity contribution in [2.75, 3.05) is 0 Å². The van der Waals surface area contributed by atoms with Crippen LogP contribution in [-0.4, -0.2) is 17.1 Å². The van der Waals surface area contributed by atoms with Gasteiger partial charge >= 0.3 is 5.97 Å². The van der Waals surface area contributed by atoms with Crippen molar-refractivity contribution in [1.29, 1.82) is 0 Å².